The highest BCUT2D eigenvalue weighted by Gasteiger charge is 2.37. The van der Waals surface area contributed by atoms with Crippen molar-refractivity contribution >= 4 is 16.9 Å². The van der Waals surface area contributed by atoms with Gasteiger partial charge in [0.1, 0.15) is 0 Å². The summed E-state index contributed by atoms with van der Waals surface area (Å²) < 4.78 is 38.0. The van der Waals surface area contributed by atoms with Gasteiger partial charge in [-0.05, 0) is 6.42 Å². The molecule has 0 saturated carbocycles. The Hall–Kier alpha value is -0.190. The van der Waals surface area contributed by atoms with E-state index in [1.807, 2.05) is 0 Å². The lowest BCUT2D eigenvalue weighted by atomic mass is 10.1. The second kappa shape index (κ2) is 5.52. The number of carbonyl (C=O) groups excluding carboxylic acids is 1. The van der Waals surface area contributed by atoms with Crippen molar-refractivity contribution in [2.24, 2.45) is 0 Å². The molecule has 0 aliphatic heterocycles. The van der Waals surface area contributed by atoms with Gasteiger partial charge in [-0.2, -0.15) is 0 Å². The molecule has 78 valence electrons. The van der Waals surface area contributed by atoms with Crippen LogP contribution in [0.5, 0.6) is 0 Å². The molecule has 0 bridgehead atoms. The average Bonchev–Trinajstić information content (AvgIpc) is 2.03. The lowest BCUT2D eigenvalue weighted by molar-refractivity contribution is -0.109. The Morgan fingerprint density at radius 1 is 1.54 bits per heavy atom. The van der Waals surface area contributed by atoms with Crippen LogP contribution in [0.25, 0.3) is 0 Å². The minimum Gasteiger partial charge on any atom is -0.288 e. The standard InChI is InChI=1S/C8H13F3OS/c1-3-8(10,11)7(9)4-5-13-6(2)12/h7H,3-5H2,1-2H3. The quantitative estimate of drug-likeness (QED) is 0.699. The summed E-state index contributed by atoms with van der Waals surface area (Å²) in [6.07, 6.45) is -2.91. The molecular weight excluding hydrogens is 201 g/mol. The van der Waals surface area contributed by atoms with E-state index >= 15 is 0 Å². The Bertz CT molecular complexity index is 173. The zero-order valence-corrected chi connectivity index (χ0v) is 8.47. The van der Waals surface area contributed by atoms with Crippen LogP contribution in [-0.2, 0) is 4.79 Å². The Morgan fingerprint density at radius 2 is 2.08 bits per heavy atom. The highest BCUT2D eigenvalue weighted by atomic mass is 32.2. The molecule has 0 aromatic heterocycles. The third-order valence-electron chi connectivity index (χ3n) is 1.61. The molecule has 0 fully saturated rings. The van der Waals surface area contributed by atoms with Crippen LogP contribution in [0.3, 0.4) is 0 Å². The minimum atomic E-state index is -3.25. The number of hydrogen-bond acceptors (Lipinski definition) is 2. The number of carbonyl (C=O) groups is 1. The molecule has 0 aliphatic rings. The smallest absolute Gasteiger partial charge is 0.278 e. The van der Waals surface area contributed by atoms with Crippen molar-refractivity contribution in [1.82, 2.24) is 0 Å². The molecule has 0 heterocycles. The fraction of sp³-hybridized carbons (Fsp3) is 0.875. The second-order valence-electron chi connectivity index (χ2n) is 2.71. The number of halogens is 3. The maximum atomic E-state index is 12.8. The van der Waals surface area contributed by atoms with Gasteiger partial charge in [0.15, 0.2) is 11.3 Å². The van der Waals surface area contributed by atoms with Gasteiger partial charge in [0.25, 0.3) is 5.92 Å². The molecule has 0 N–H and O–H groups in total. The molecule has 5 heteroatoms. The molecule has 0 aromatic carbocycles. The first-order valence-electron chi connectivity index (χ1n) is 4.05. The minimum absolute atomic E-state index is 0.117. The molecule has 0 rings (SSSR count). The summed E-state index contributed by atoms with van der Waals surface area (Å²) in [5.41, 5.74) is 0. The zero-order valence-electron chi connectivity index (χ0n) is 7.65. The van der Waals surface area contributed by atoms with E-state index in [9.17, 15) is 18.0 Å². The molecule has 0 aliphatic carbocycles. The SMILES string of the molecule is CCC(F)(F)C(F)CCSC(C)=O. The highest BCUT2D eigenvalue weighted by Crippen LogP contribution is 2.28. The van der Waals surface area contributed by atoms with Gasteiger partial charge in [-0.15, -0.1) is 0 Å². The van der Waals surface area contributed by atoms with Gasteiger partial charge in [0.05, 0.1) is 0 Å². The monoisotopic (exact) mass is 214 g/mol. The maximum Gasteiger partial charge on any atom is 0.278 e. The summed E-state index contributed by atoms with van der Waals surface area (Å²) in [5, 5.41) is -0.174. The lowest BCUT2D eigenvalue weighted by Crippen LogP contribution is -2.29. The van der Waals surface area contributed by atoms with E-state index < -0.39 is 18.5 Å². The van der Waals surface area contributed by atoms with Crippen molar-refractivity contribution in [2.45, 2.75) is 38.8 Å². The molecular formula is C8H13F3OS. The van der Waals surface area contributed by atoms with Crippen LogP contribution in [0.2, 0.25) is 0 Å². The third-order valence-corrected chi connectivity index (χ3v) is 2.45. The predicted molar refractivity (Wildman–Crippen MR) is 47.9 cm³/mol. The van der Waals surface area contributed by atoms with E-state index in [0.717, 1.165) is 11.8 Å². The van der Waals surface area contributed by atoms with Gasteiger partial charge < -0.3 is 0 Å². The largest absolute Gasteiger partial charge is 0.288 e. The molecule has 0 saturated heterocycles. The Kier molecular flexibility index (Phi) is 5.44. The van der Waals surface area contributed by atoms with Crippen molar-refractivity contribution < 1.29 is 18.0 Å². The fourth-order valence-electron chi connectivity index (χ4n) is 0.739. The van der Waals surface area contributed by atoms with Crippen LogP contribution in [0.1, 0.15) is 26.7 Å². The third kappa shape index (κ3) is 5.18. The average molecular weight is 214 g/mol. The van der Waals surface area contributed by atoms with E-state index in [1.54, 1.807) is 0 Å². The van der Waals surface area contributed by atoms with Crippen LogP contribution in [0.15, 0.2) is 0 Å². The van der Waals surface area contributed by atoms with E-state index in [2.05, 4.69) is 0 Å². The molecule has 1 atom stereocenters. The Morgan fingerprint density at radius 3 is 2.46 bits per heavy atom. The van der Waals surface area contributed by atoms with Gasteiger partial charge in [-0.1, -0.05) is 18.7 Å². The first kappa shape index (κ1) is 12.8. The Balaban J connectivity index is 3.74. The van der Waals surface area contributed by atoms with E-state index in [1.165, 1.54) is 13.8 Å². The van der Waals surface area contributed by atoms with Gasteiger partial charge >= 0.3 is 0 Å². The van der Waals surface area contributed by atoms with Crippen LogP contribution >= 0.6 is 11.8 Å². The number of rotatable bonds is 5. The summed E-state index contributed by atoms with van der Waals surface area (Å²) >= 11 is 0.874. The number of hydrogen-bond donors (Lipinski definition) is 0. The van der Waals surface area contributed by atoms with Crippen LogP contribution in [0, 0.1) is 0 Å². The first-order chi connectivity index (χ1) is 5.90. The van der Waals surface area contributed by atoms with Gasteiger partial charge in [0, 0.05) is 19.1 Å². The van der Waals surface area contributed by atoms with Crippen LogP contribution < -0.4 is 0 Å². The van der Waals surface area contributed by atoms with Crippen molar-refractivity contribution in [2.75, 3.05) is 5.75 Å². The normalized spacial score (nSPS) is 14.2. The topological polar surface area (TPSA) is 17.1 Å². The molecule has 1 unspecified atom stereocenters. The summed E-state index contributed by atoms with van der Waals surface area (Å²) in [7, 11) is 0. The molecule has 13 heavy (non-hydrogen) atoms. The molecule has 1 nitrogen and oxygen atoms in total. The summed E-state index contributed by atoms with van der Waals surface area (Å²) in [6, 6.07) is 0. The van der Waals surface area contributed by atoms with Crippen LogP contribution in [-0.4, -0.2) is 23.0 Å². The maximum absolute atomic E-state index is 12.8. The summed E-state index contributed by atoms with van der Waals surface area (Å²) in [4.78, 5) is 10.4. The van der Waals surface area contributed by atoms with Crippen molar-refractivity contribution in [3.63, 3.8) is 0 Å². The number of alkyl halides is 3. The highest BCUT2D eigenvalue weighted by molar-refractivity contribution is 8.13. The van der Waals surface area contributed by atoms with Gasteiger partial charge in [-0.3, -0.25) is 4.79 Å². The van der Waals surface area contributed by atoms with E-state index in [4.69, 9.17) is 0 Å². The molecule has 0 spiro atoms. The van der Waals surface area contributed by atoms with Crippen molar-refractivity contribution in [1.29, 1.82) is 0 Å². The van der Waals surface area contributed by atoms with E-state index in [0.29, 0.717) is 0 Å². The second-order valence-corrected chi connectivity index (χ2v) is 3.98. The summed E-state index contributed by atoms with van der Waals surface area (Å²) in [5.74, 6) is -3.14. The molecule has 0 aromatic rings. The molecule has 0 radical (unpaired) electrons. The first-order valence-corrected chi connectivity index (χ1v) is 5.04. The van der Waals surface area contributed by atoms with Crippen molar-refractivity contribution in [3.05, 3.63) is 0 Å². The lowest BCUT2D eigenvalue weighted by Gasteiger charge is -2.18. The van der Waals surface area contributed by atoms with Crippen LogP contribution in [0.4, 0.5) is 13.2 Å². The van der Waals surface area contributed by atoms with Gasteiger partial charge in [-0.25, -0.2) is 13.2 Å². The van der Waals surface area contributed by atoms with Crippen molar-refractivity contribution in [3.8, 4) is 0 Å². The fourth-order valence-corrected chi connectivity index (χ4v) is 1.35. The molecule has 0 amide bonds. The number of thioether (sulfide) groups is 1. The summed E-state index contributed by atoms with van der Waals surface area (Å²) in [6.45, 7) is 2.57. The van der Waals surface area contributed by atoms with E-state index in [-0.39, 0.29) is 17.3 Å². The van der Waals surface area contributed by atoms with Gasteiger partial charge in [0.2, 0.25) is 0 Å². The zero-order chi connectivity index (χ0) is 10.5. The predicted octanol–water partition coefficient (Wildman–Crippen LogP) is 3.04. The Labute approximate surface area is 80.1 Å².